The number of nitrogens with zero attached hydrogens (tertiary/aromatic N) is 2. The Morgan fingerprint density at radius 3 is 2.76 bits per heavy atom. The molecule has 0 unspecified atom stereocenters. The molecular weight excluding hydrogens is 264 g/mol. The maximum Gasteiger partial charge on any atom is 0.255 e. The molecule has 110 valence electrons. The number of carbonyl (C=O) groups excluding carboxylic acids is 1. The van der Waals surface area contributed by atoms with Crippen molar-refractivity contribution in [1.82, 2.24) is 9.88 Å². The normalized spacial score (nSPS) is 17.0. The summed E-state index contributed by atoms with van der Waals surface area (Å²) in [5, 5.41) is 12.3. The van der Waals surface area contributed by atoms with E-state index in [1.165, 1.54) is 0 Å². The third kappa shape index (κ3) is 2.76. The zero-order valence-corrected chi connectivity index (χ0v) is 12.2. The largest absolute Gasteiger partial charge is 0.388 e. The van der Waals surface area contributed by atoms with E-state index in [0.717, 1.165) is 36.5 Å². The molecule has 0 bridgehead atoms. The van der Waals surface area contributed by atoms with Crippen molar-refractivity contribution in [3.05, 3.63) is 42.2 Å². The van der Waals surface area contributed by atoms with Crippen LogP contribution in [0.5, 0.6) is 0 Å². The molecule has 1 N–H and O–H groups in total. The van der Waals surface area contributed by atoms with Crippen molar-refractivity contribution in [2.75, 3.05) is 13.6 Å². The maximum atomic E-state index is 12.7. The Morgan fingerprint density at radius 2 is 2.00 bits per heavy atom. The van der Waals surface area contributed by atoms with E-state index in [9.17, 15) is 9.90 Å². The predicted octanol–water partition coefficient (Wildman–Crippen LogP) is 2.61. The minimum atomic E-state index is -0.720. The van der Waals surface area contributed by atoms with Crippen LogP contribution in [0.15, 0.2) is 36.7 Å². The third-order valence-electron chi connectivity index (χ3n) is 4.31. The van der Waals surface area contributed by atoms with E-state index in [4.69, 9.17) is 0 Å². The summed E-state index contributed by atoms with van der Waals surface area (Å²) in [6, 6.07) is 7.73. The van der Waals surface area contributed by atoms with Crippen LogP contribution in [0.25, 0.3) is 10.8 Å². The summed E-state index contributed by atoms with van der Waals surface area (Å²) in [6.45, 7) is 0.384. The molecule has 1 saturated carbocycles. The van der Waals surface area contributed by atoms with Crippen molar-refractivity contribution in [3.63, 3.8) is 0 Å². The monoisotopic (exact) mass is 284 g/mol. The molecule has 1 heterocycles. The van der Waals surface area contributed by atoms with E-state index >= 15 is 0 Å². The zero-order chi connectivity index (χ0) is 14.9. The molecule has 1 aromatic carbocycles. The summed E-state index contributed by atoms with van der Waals surface area (Å²) >= 11 is 0. The van der Waals surface area contributed by atoms with Gasteiger partial charge in [0, 0.05) is 31.4 Å². The van der Waals surface area contributed by atoms with Gasteiger partial charge in [0.05, 0.1) is 11.2 Å². The fraction of sp³-hybridized carbons (Fsp3) is 0.412. The Balaban J connectivity index is 1.86. The quantitative estimate of drug-likeness (QED) is 0.942. The number of fused-ring (bicyclic) bond motifs is 1. The maximum absolute atomic E-state index is 12.7. The molecule has 1 aliphatic rings. The number of rotatable bonds is 3. The van der Waals surface area contributed by atoms with E-state index in [1.54, 1.807) is 24.3 Å². The van der Waals surface area contributed by atoms with Crippen molar-refractivity contribution in [3.8, 4) is 0 Å². The third-order valence-corrected chi connectivity index (χ3v) is 4.31. The highest BCUT2D eigenvalue weighted by atomic mass is 16.3. The van der Waals surface area contributed by atoms with E-state index in [2.05, 4.69) is 4.98 Å². The van der Waals surface area contributed by atoms with Gasteiger partial charge in [0.2, 0.25) is 0 Å². The molecule has 4 nitrogen and oxygen atoms in total. The highest BCUT2D eigenvalue weighted by Gasteiger charge is 2.33. The average Bonchev–Trinajstić information content (AvgIpc) is 2.92. The lowest BCUT2D eigenvalue weighted by Gasteiger charge is -2.28. The van der Waals surface area contributed by atoms with Gasteiger partial charge >= 0.3 is 0 Å². The van der Waals surface area contributed by atoms with Crippen LogP contribution in [0.1, 0.15) is 36.0 Å². The van der Waals surface area contributed by atoms with Crippen LogP contribution in [-0.2, 0) is 0 Å². The second kappa shape index (κ2) is 5.45. The Bertz CT molecular complexity index is 657. The molecule has 1 amide bonds. The van der Waals surface area contributed by atoms with Gasteiger partial charge in [-0.25, -0.2) is 0 Å². The Labute approximate surface area is 124 Å². The number of amides is 1. The van der Waals surface area contributed by atoms with E-state index < -0.39 is 5.60 Å². The topological polar surface area (TPSA) is 53.4 Å². The number of hydrogen-bond donors (Lipinski definition) is 1. The highest BCUT2D eigenvalue weighted by molar-refractivity contribution is 6.06. The van der Waals surface area contributed by atoms with Gasteiger partial charge in [-0.05, 0) is 18.2 Å². The summed E-state index contributed by atoms with van der Waals surface area (Å²) in [5.41, 5.74) is -0.125. The zero-order valence-electron chi connectivity index (χ0n) is 12.2. The second-order valence-electron chi connectivity index (χ2n) is 6.00. The van der Waals surface area contributed by atoms with Crippen molar-refractivity contribution < 1.29 is 9.90 Å². The van der Waals surface area contributed by atoms with Crippen LogP contribution in [0.3, 0.4) is 0 Å². The van der Waals surface area contributed by atoms with Crippen molar-refractivity contribution in [2.24, 2.45) is 0 Å². The molecule has 0 atom stereocenters. The fourth-order valence-corrected chi connectivity index (χ4v) is 3.20. The number of pyridine rings is 1. The Hall–Kier alpha value is -1.94. The molecule has 21 heavy (non-hydrogen) atoms. The molecule has 0 radical (unpaired) electrons. The number of aliphatic hydroxyl groups is 1. The van der Waals surface area contributed by atoms with Crippen molar-refractivity contribution in [2.45, 2.75) is 31.3 Å². The Kier molecular flexibility index (Phi) is 3.64. The van der Waals surface area contributed by atoms with Gasteiger partial charge in [-0.1, -0.05) is 37.1 Å². The average molecular weight is 284 g/mol. The van der Waals surface area contributed by atoms with Crippen LogP contribution in [0.2, 0.25) is 0 Å². The number of benzene rings is 1. The van der Waals surface area contributed by atoms with E-state index in [0.29, 0.717) is 12.1 Å². The lowest BCUT2D eigenvalue weighted by atomic mass is 10.0. The summed E-state index contributed by atoms with van der Waals surface area (Å²) < 4.78 is 0. The van der Waals surface area contributed by atoms with Crippen LogP contribution in [0, 0.1) is 0 Å². The summed E-state index contributed by atoms with van der Waals surface area (Å²) in [6.07, 6.45) is 7.00. The van der Waals surface area contributed by atoms with Gasteiger partial charge in [0.1, 0.15) is 0 Å². The lowest BCUT2D eigenvalue weighted by molar-refractivity contribution is 0.0157. The summed E-state index contributed by atoms with van der Waals surface area (Å²) in [7, 11) is 1.75. The van der Waals surface area contributed by atoms with Gasteiger partial charge in [-0.3, -0.25) is 9.78 Å². The lowest BCUT2D eigenvalue weighted by Crippen LogP contribution is -2.42. The second-order valence-corrected chi connectivity index (χ2v) is 6.00. The fourth-order valence-electron chi connectivity index (χ4n) is 3.20. The van der Waals surface area contributed by atoms with E-state index in [-0.39, 0.29) is 5.91 Å². The minimum Gasteiger partial charge on any atom is -0.388 e. The first-order valence-electron chi connectivity index (χ1n) is 7.40. The van der Waals surface area contributed by atoms with Crippen molar-refractivity contribution in [1.29, 1.82) is 0 Å². The van der Waals surface area contributed by atoms with Gasteiger partial charge in [-0.2, -0.15) is 0 Å². The minimum absolute atomic E-state index is 0.0837. The standard InChI is InChI=1S/C17H20N2O2/c1-19(12-17(21)8-4-5-9-17)16(20)15-11-18-10-13-6-2-3-7-14(13)15/h2-3,6-7,10-11,21H,4-5,8-9,12H2,1H3. The molecule has 0 saturated heterocycles. The number of likely N-dealkylation sites (N-methyl/N-ethyl adjacent to an activating group) is 1. The van der Waals surface area contributed by atoms with Gasteiger partial charge < -0.3 is 10.0 Å². The smallest absolute Gasteiger partial charge is 0.255 e. The van der Waals surface area contributed by atoms with Gasteiger partial charge in [0.25, 0.3) is 5.91 Å². The summed E-state index contributed by atoms with van der Waals surface area (Å²) in [4.78, 5) is 18.4. The highest BCUT2D eigenvalue weighted by Crippen LogP contribution is 2.30. The molecule has 1 fully saturated rings. The first-order valence-corrected chi connectivity index (χ1v) is 7.40. The molecule has 1 aromatic heterocycles. The van der Waals surface area contributed by atoms with Gasteiger partial charge in [0.15, 0.2) is 0 Å². The first-order chi connectivity index (χ1) is 10.1. The number of carbonyl (C=O) groups is 1. The Morgan fingerprint density at radius 1 is 1.29 bits per heavy atom. The van der Waals surface area contributed by atoms with Crippen LogP contribution < -0.4 is 0 Å². The van der Waals surface area contributed by atoms with Crippen LogP contribution >= 0.6 is 0 Å². The molecule has 3 rings (SSSR count). The molecule has 1 aliphatic carbocycles. The molecule has 4 heteroatoms. The van der Waals surface area contributed by atoms with Crippen LogP contribution in [-0.4, -0.2) is 40.1 Å². The molecule has 2 aromatic rings. The summed E-state index contributed by atoms with van der Waals surface area (Å²) in [5.74, 6) is -0.0837. The van der Waals surface area contributed by atoms with E-state index in [1.807, 2.05) is 24.3 Å². The number of hydrogen-bond acceptors (Lipinski definition) is 3. The van der Waals surface area contributed by atoms with Crippen molar-refractivity contribution >= 4 is 16.7 Å². The molecule has 0 aliphatic heterocycles. The van der Waals surface area contributed by atoms with Crippen LogP contribution in [0.4, 0.5) is 0 Å². The number of aromatic nitrogens is 1. The molecular formula is C17H20N2O2. The predicted molar refractivity (Wildman–Crippen MR) is 82.1 cm³/mol. The van der Waals surface area contributed by atoms with Gasteiger partial charge in [-0.15, -0.1) is 0 Å². The first kappa shape index (κ1) is 14.0. The SMILES string of the molecule is CN(CC1(O)CCCC1)C(=O)c1cncc2ccccc12. The molecule has 0 spiro atoms.